The number of carbonyl (C=O) groups is 1. The highest BCUT2D eigenvalue weighted by atomic mass is 16.5. The van der Waals surface area contributed by atoms with Crippen LogP contribution in [0.4, 0.5) is 0 Å². The van der Waals surface area contributed by atoms with E-state index >= 15 is 0 Å². The molecule has 0 aliphatic heterocycles. The van der Waals surface area contributed by atoms with Crippen LogP contribution in [0.2, 0.25) is 0 Å². The second kappa shape index (κ2) is 8.35. The van der Waals surface area contributed by atoms with E-state index in [4.69, 9.17) is 4.52 Å². The van der Waals surface area contributed by atoms with Crippen molar-refractivity contribution >= 4 is 11.9 Å². The maximum absolute atomic E-state index is 11.5. The Kier molecular flexibility index (Phi) is 6.17. The zero-order valence-electron chi connectivity index (χ0n) is 13.2. The Labute approximate surface area is 130 Å². The molecule has 0 bridgehead atoms. The Balaban J connectivity index is 1.66. The molecule has 1 aromatic heterocycles. The zero-order chi connectivity index (χ0) is 15.8. The molecule has 122 valence electrons. The Morgan fingerprint density at radius 3 is 2.73 bits per heavy atom. The molecule has 1 saturated carbocycles. The maximum Gasteiger partial charge on any atom is 0.228 e. The Bertz CT molecular complexity index is 509. The van der Waals surface area contributed by atoms with E-state index in [0.29, 0.717) is 37.8 Å². The van der Waals surface area contributed by atoms with Gasteiger partial charge in [-0.3, -0.25) is 9.79 Å². The fourth-order valence-electron chi connectivity index (χ4n) is 1.90. The largest absolute Gasteiger partial charge is 0.357 e. The molecule has 0 atom stereocenters. The van der Waals surface area contributed by atoms with E-state index in [1.54, 1.807) is 6.92 Å². The number of carbonyl (C=O) groups excluding carboxylic acids is 1. The lowest BCUT2D eigenvalue weighted by Gasteiger charge is -2.11. The van der Waals surface area contributed by atoms with Crippen LogP contribution in [0.3, 0.4) is 0 Å². The van der Waals surface area contributed by atoms with Crippen molar-refractivity contribution in [1.29, 1.82) is 0 Å². The topological polar surface area (TPSA) is 104 Å². The minimum absolute atomic E-state index is 0.163. The van der Waals surface area contributed by atoms with Crippen molar-refractivity contribution in [3.63, 3.8) is 0 Å². The second-order valence-electron chi connectivity index (χ2n) is 5.24. The predicted molar refractivity (Wildman–Crippen MR) is 82.5 cm³/mol. The van der Waals surface area contributed by atoms with E-state index < -0.39 is 0 Å². The highest BCUT2D eigenvalue weighted by Gasteiger charge is 2.28. The quantitative estimate of drug-likeness (QED) is 0.355. The van der Waals surface area contributed by atoms with Crippen LogP contribution in [0.25, 0.3) is 0 Å². The number of amides is 1. The highest BCUT2D eigenvalue weighted by Crippen LogP contribution is 2.28. The molecule has 0 unspecified atom stereocenters. The molecule has 1 aliphatic rings. The summed E-state index contributed by atoms with van der Waals surface area (Å²) in [5, 5.41) is 13.0. The van der Waals surface area contributed by atoms with Crippen molar-refractivity contribution < 1.29 is 9.32 Å². The van der Waals surface area contributed by atoms with Crippen LogP contribution < -0.4 is 16.0 Å². The van der Waals surface area contributed by atoms with Gasteiger partial charge in [-0.2, -0.15) is 4.98 Å². The lowest BCUT2D eigenvalue weighted by atomic mass is 10.4. The van der Waals surface area contributed by atoms with Crippen LogP contribution in [0.5, 0.6) is 0 Å². The van der Waals surface area contributed by atoms with E-state index in [1.807, 2.05) is 6.92 Å². The van der Waals surface area contributed by atoms with Gasteiger partial charge in [0.1, 0.15) is 0 Å². The van der Waals surface area contributed by atoms with Gasteiger partial charge in [-0.15, -0.1) is 0 Å². The molecule has 8 heteroatoms. The third kappa shape index (κ3) is 5.71. The van der Waals surface area contributed by atoms with Crippen LogP contribution in [-0.4, -0.2) is 48.2 Å². The van der Waals surface area contributed by atoms with Crippen molar-refractivity contribution in [1.82, 2.24) is 26.1 Å². The third-order valence-corrected chi connectivity index (χ3v) is 3.17. The number of aryl methyl sites for hydroxylation is 1. The first-order chi connectivity index (χ1) is 10.7. The summed E-state index contributed by atoms with van der Waals surface area (Å²) in [6, 6.07) is 0. The molecule has 8 nitrogen and oxygen atoms in total. The van der Waals surface area contributed by atoms with E-state index in [0.717, 1.165) is 25.3 Å². The van der Waals surface area contributed by atoms with Crippen molar-refractivity contribution in [2.45, 2.75) is 33.1 Å². The third-order valence-electron chi connectivity index (χ3n) is 3.17. The van der Waals surface area contributed by atoms with Crippen molar-refractivity contribution in [2.24, 2.45) is 10.9 Å². The number of rotatable bonds is 8. The van der Waals surface area contributed by atoms with Gasteiger partial charge >= 0.3 is 0 Å². The molecule has 1 aliphatic carbocycles. The molecule has 0 spiro atoms. The summed E-state index contributed by atoms with van der Waals surface area (Å²) in [5.74, 6) is 2.36. The minimum Gasteiger partial charge on any atom is -0.357 e. The Hall–Kier alpha value is -2.12. The summed E-state index contributed by atoms with van der Waals surface area (Å²) < 4.78 is 5.04. The van der Waals surface area contributed by atoms with E-state index in [1.165, 1.54) is 0 Å². The summed E-state index contributed by atoms with van der Waals surface area (Å²) in [6.07, 6.45) is 2.66. The second-order valence-corrected chi connectivity index (χ2v) is 5.24. The Morgan fingerprint density at radius 1 is 1.32 bits per heavy atom. The number of nitrogens with one attached hydrogen (secondary N) is 3. The van der Waals surface area contributed by atoms with Crippen molar-refractivity contribution in [3.05, 3.63) is 11.7 Å². The van der Waals surface area contributed by atoms with Gasteiger partial charge in [0.15, 0.2) is 11.8 Å². The molecule has 2 rings (SSSR count). The van der Waals surface area contributed by atoms with Gasteiger partial charge in [0.2, 0.25) is 11.8 Å². The molecule has 1 heterocycles. The maximum atomic E-state index is 11.5. The molecule has 0 radical (unpaired) electrons. The highest BCUT2D eigenvalue weighted by molar-refractivity contribution is 5.81. The minimum atomic E-state index is 0.163. The monoisotopic (exact) mass is 308 g/mol. The number of hydrogen-bond donors (Lipinski definition) is 3. The Morgan fingerprint density at radius 2 is 2.09 bits per heavy atom. The fraction of sp³-hybridized carbons (Fsp3) is 0.714. The molecular formula is C14H24N6O2. The summed E-state index contributed by atoms with van der Waals surface area (Å²) >= 11 is 0. The number of aromatic nitrogens is 2. The van der Waals surface area contributed by atoms with Gasteiger partial charge in [0.25, 0.3) is 0 Å². The molecule has 22 heavy (non-hydrogen) atoms. The normalized spacial score (nSPS) is 14.7. The smallest absolute Gasteiger partial charge is 0.228 e. The average molecular weight is 308 g/mol. The van der Waals surface area contributed by atoms with E-state index in [2.05, 4.69) is 31.1 Å². The van der Waals surface area contributed by atoms with Crippen LogP contribution in [0.15, 0.2) is 9.52 Å². The molecular weight excluding hydrogens is 284 g/mol. The first-order valence-electron chi connectivity index (χ1n) is 7.78. The van der Waals surface area contributed by atoms with Gasteiger partial charge in [0, 0.05) is 32.0 Å². The first-order valence-corrected chi connectivity index (χ1v) is 7.78. The van der Waals surface area contributed by atoms with Crippen molar-refractivity contribution in [2.75, 3.05) is 26.2 Å². The lowest BCUT2D eigenvalue weighted by molar-refractivity contribution is -0.122. The molecule has 1 aromatic rings. The average Bonchev–Trinajstić information content (AvgIpc) is 3.27. The number of aliphatic imine (C=N–C) groups is 1. The molecule has 3 N–H and O–H groups in total. The van der Waals surface area contributed by atoms with Gasteiger partial charge in [0.05, 0.1) is 6.54 Å². The summed E-state index contributed by atoms with van der Waals surface area (Å²) in [7, 11) is 0. The molecule has 0 saturated heterocycles. The standard InChI is InChI=1S/C14H24N6O2/c1-3-15-14(17-7-6-12-19-10(2)20-22-12)18-9-8-16-13(21)11-4-5-11/h11H,3-9H2,1-2H3,(H,16,21)(H2,15,17,18). The predicted octanol–water partition coefficient (Wildman–Crippen LogP) is 0.00182. The van der Waals surface area contributed by atoms with Gasteiger partial charge in [-0.25, -0.2) is 0 Å². The van der Waals surface area contributed by atoms with Crippen LogP contribution in [0, 0.1) is 12.8 Å². The van der Waals surface area contributed by atoms with E-state index in [-0.39, 0.29) is 11.8 Å². The van der Waals surface area contributed by atoms with E-state index in [9.17, 15) is 4.79 Å². The van der Waals surface area contributed by atoms with Gasteiger partial charge in [-0.05, 0) is 26.7 Å². The van der Waals surface area contributed by atoms with Crippen LogP contribution in [0.1, 0.15) is 31.5 Å². The number of hydrogen-bond acceptors (Lipinski definition) is 5. The SMILES string of the molecule is CCNC(=NCCc1nc(C)no1)NCCNC(=O)C1CC1. The number of guanidine groups is 1. The van der Waals surface area contributed by atoms with Crippen molar-refractivity contribution in [3.8, 4) is 0 Å². The fourth-order valence-corrected chi connectivity index (χ4v) is 1.90. The molecule has 1 fully saturated rings. The number of nitrogens with zero attached hydrogens (tertiary/aromatic N) is 3. The lowest BCUT2D eigenvalue weighted by Crippen LogP contribution is -2.41. The summed E-state index contributed by atoms with van der Waals surface area (Å²) in [5.41, 5.74) is 0. The summed E-state index contributed by atoms with van der Waals surface area (Å²) in [6.45, 7) is 6.38. The van der Waals surface area contributed by atoms with Gasteiger partial charge < -0.3 is 20.5 Å². The molecule has 1 amide bonds. The first kappa shape index (κ1) is 16.3. The summed E-state index contributed by atoms with van der Waals surface area (Å²) in [4.78, 5) is 20.1. The zero-order valence-corrected chi connectivity index (χ0v) is 13.2. The van der Waals surface area contributed by atoms with Crippen LogP contribution >= 0.6 is 0 Å². The molecule has 0 aromatic carbocycles. The van der Waals surface area contributed by atoms with Gasteiger partial charge in [-0.1, -0.05) is 5.16 Å². The van der Waals surface area contributed by atoms with Crippen LogP contribution in [-0.2, 0) is 11.2 Å².